The molecule has 0 aliphatic carbocycles. The van der Waals surface area contributed by atoms with Gasteiger partial charge in [0.15, 0.2) is 17.3 Å². The van der Waals surface area contributed by atoms with Crippen molar-refractivity contribution in [3.05, 3.63) is 28.6 Å². The third-order valence-corrected chi connectivity index (χ3v) is 4.93. The van der Waals surface area contributed by atoms with Crippen LogP contribution in [0.4, 0.5) is 19.0 Å². The van der Waals surface area contributed by atoms with E-state index < -0.39 is 11.9 Å². The molecule has 0 saturated carbocycles. The third-order valence-electron chi connectivity index (χ3n) is 4.02. The van der Waals surface area contributed by atoms with Crippen molar-refractivity contribution in [1.29, 1.82) is 0 Å². The summed E-state index contributed by atoms with van der Waals surface area (Å²) in [6.07, 6.45) is -0.879. The minimum atomic E-state index is -4.41. The smallest absolute Gasteiger partial charge is 0.368 e. The largest absolute Gasteiger partial charge is 0.434 e. The van der Waals surface area contributed by atoms with Gasteiger partial charge in [-0.1, -0.05) is 0 Å². The van der Waals surface area contributed by atoms with E-state index in [1.54, 1.807) is 10.9 Å². The van der Waals surface area contributed by atoms with E-state index in [4.69, 9.17) is 0 Å². The molecule has 3 heterocycles. The predicted octanol–water partition coefficient (Wildman–Crippen LogP) is 2.67. The van der Waals surface area contributed by atoms with Gasteiger partial charge >= 0.3 is 6.18 Å². The average Bonchev–Trinajstić information content (AvgIpc) is 3.33. The van der Waals surface area contributed by atoms with Crippen LogP contribution in [0.1, 0.15) is 17.6 Å². The Labute approximate surface area is 198 Å². The molecular weight excluding hydrogens is 546 g/mol. The van der Waals surface area contributed by atoms with E-state index in [9.17, 15) is 13.2 Å². The SMILES string of the molecule is CCNC(=NCCc1nc(C(F)(F)F)cs1)NCCNc1ncnc2c1cnn2C.I. The fourth-order valence-corrected chi connectivity index (χ4v) is 3.42. The van der Waals surface area contributed by atoms with Crippen LogP contribution in [-0.2, 0) is 19.6 Å². The Balaban J connectivity index is 0.00000341. The van der Waals surface area contributed by atoms with Crippen LogP contribution in [0.15, 0.2) is 22.9 Å². The molecule has 0 atom stereocenters. The second-order valence-corrected chi connectivity index (χ2v) is 7.16. The summed E-state index contributed by atoms with van der Waals surface area (Å²) in [6, 6.07) is 0. The highest BCUT2D eigenvalue weighted by Gasteiger charge is 2.33. The van der Waals surface area contributed by atoms with Gasteiger partial charge < -0.3 is 16.0 Å². The summed E-state index contributed by atoms with van der Waals surface area (Å²) in [5.74, 6) is 1.28. The second-order valence-electron chi connectivity index (χ2n) is 6.22. The summed E-state index contributed by atoms with van der Waals surface area (Å²) < 4.78 is 39.5. The summed E-state index contributed by atoms with van der Waals surface area (Å²) >= 11 is 0.993. The van der Waals surface area contributed by atoms with Gasteiger partial charge in [0.2, 0.25) is 0 Å². The molecule has 31 heavy (non-hydrogen) atoms. The van der Waals surface area contributed by atoms with Crippen molar-refractivity contribution >= 4 is 58.1 Å². The molecule has 3 N–H and O–H groups in total. The van der Waals surface area contributed by atoms with Gasteiger partial charge in [-0.25, -0.2) is 15.0 Å². The van der Waals surface area contributed by atoms with Crippen LogP contribution in [0.3, 0.4) is 0 Å². The van der Waals surface area contributed by atoms with Crippen molar-refractivity contribution in [2.75, 3.05) is 31.5 Å². The number of anilines is 1. The van der Waals surface area contributed by atoms with Crippen LogP contribution in [0.5, 0.6) is 0 Å². The summed E-state index contributed by atoms with van der Waals surface area (Å²) in [5.41, 5.74) is -0.110. The lowest BCUT2D eigenvalue weighted by atomic mass is 10.4. The molecule has 0 unspecified atom stereocenters. The quantitative estimate of drug-likeness (QED) is 0.166. The Bertz CT molecular complexity index is 1000. The summed E-state index contributed by atoms with van der Waals surface area (Å²) in [6.45, 7) is 4.07. The third kappa shape index (κ3) is 6.88. The molecule has 0 fully saturated rings. The first kappa shape index (κ1) is 25.0. The maximum Gasteiger partial charge on any atom is 0.434 e. The molecule has 14 heteroatoms. The molecule has 0 saturated heterocycles. The highest BCUT2D eigenvalue weighted by molar-refractivity contribution is 14.0. The number of fused-ring (bicyclic) bond motifs is 1. The Hall–Kier alpha value is -2.23. The van der Waals surface area contributed by atoms with Crippen LogP contribution in [0, 0.1) is 0 Å². The zero-order chi connectivity index (χ0) is 21.6. The number of alkyl halides is 3. The van der Waals surface area contributed by atoms with E-state index in [1.165, 1.54) is 6.33 Å². The van der Waals surface area contributed by atoms with E-state index in [2.05, 4.69) is 41.0 Å². The van der Waals surface area contributed by atoms with Crippen molar-refractivity contribution in [3.8, 4) is 0 Å². The number of rotatable bonds is 8. The molecular formula is C17H23F3IN9S. The first-order valence-electron chi connectivity index (χ1n) is 9.29. The lowest BCUT2D eigenvalue weighted by molar-refractivity contribution is -0.140. The van der Waals surface area contributed by atoms with E-state index in [0.717, 1.165) is 27.8 Å². The highest BCUT2D eigenvalue weighted by atomic mass is 127. The Kier molecular flexibility index (Phi) is 9.21. The van der Waals surface area contributed by atoms with Crippen molar-refractivity contribution in [1.82, 2.24) is 35.4 Å². The van der Waals surface area contributed by atoms with E-state index in [0.29, 0.717) is 49.4 Å². The fraction of sp³-hybridized carbons (Fsp3) is 0.471. The van der Waals surface area contributed by atoms with E-state index >= 15 is 0 Å². The number of nitrogens with one attached hydrogen (secondary N) is 3. The van der Waals surface area contributed by atoms with Gasteiger partial charge in [-0.15, -0.1) is 35.3 Å². The number of aryl methyl sites for hydroxylation is 1. The second kappa shape index (κ2) is 11.4. The van der Waals surface area contributed by atoms with Crippen LogP contribution in [-0.4, -0.2) is 56.9 Å². The molecule has 3 rings (SSSR count). The van der Waals surface area contributed by atoms with Crippen molar-refractivity contribution in [2.24, 2.45) is 12.0 Å². The predicted molar refractivity (Wildman–Crippen MR) is 125 cm³/mol. The number of guanidine groups is 1. The first-order chi connectivity index (χ1) is 14.4. The maximum atomic E-state index is 12.6. The number of aromatic nitrogens is 5. The zero-order valence-electron chi connectivity index (χ0n) is 16.9. The molecule has 0 spiro atoms. The van der Waals surface area contributed by atoms with E-state index in [-0.39, 0.29) is 24.0 Å². The van der Waals surface area contributed by atoms with Gasteiger partial charge in [0.25, 0.3) is 0 Å². The normalized spacial score (nSPS) is 12.0. The fourth-order valence-electron chi connectivity index (χ4n) is 2.63. The van der Waals surface area contributed by atoms with Crippen LogP contribution < -0.4 is 16.0 Å². The number of thiazole rings is 1. The number of hydrogen-bond donors (Lipinski definition) is 3. The number of aliphatic imine (C=N–C) groups is 1. The standard InChI is InChI=1S/C17H22F3N9S.HI/c1-3-21-16(23-5-4-13-28-12(9-30-13)17(18,19)20)24-7-6-22-14-11-8-27-29(2)15(11)26-10-25-14;/h8-10H,3-7H2,1-2H3,(H2,21,23,24)(H,22,25,26);1H. The minimum absolute atomic E-state index is 0. The van der Waals surface area contributed by atoms with Crippen molar-refractivity contribution in [2.45, 2.75) is 19.5 Å². The topological polar surface area (TPSA) is 105 Å². The minimum Gasteiger partial charge on any atom is -0.368 e. The molecule has 170 valence electrons. The molecule has 0 bridgehead atoms. The Morgan fingerprint density at radius 1 is 1.23 bits per heavy atom. The Morgan fingerprint density at radius 3 is 2.74 bits per heavy atom. The average molecular weight is 569 g/mol. The summed E-state index contributed by atoms with van der Waals surface area (Å²) in [5, 5.41) is 16.0. The van der Waals surface area contributed by atoms with Gasteiger partial charge in [0.1, 0.15) is 12.1 Å². The monoisotopic (exact) mass is 569 g/mol. The number of hydrogen-bond acceptors (Lipinski definition) is 7. The molecule has 3 aromatic rings. The summed E-state index contributed by atoms with van der Waals surface area (Å²) in [4.78, 5) is 16.4. The van der Waals surface area contributed by atoms with E-state index in [1.807, 2.05) is 14.0 Å². The van der Waals surface area contributed by atoms with Gasteiger partial charge in [-0.2, -0.15) is 18.3 Å². The lowest BCUT2D eigenvalue weighted by Crippen LogP contribution is -2.39. The maximum absolute atomic E-state index is 12.6. The van der Waals surface area contributed by atoms with Gasteiger partial charge in [-0.3, -0.25) is 9.67 Å². The van der Waals surface area contributed by atoms with Crippen molar-refractivity contribution < 1.29 is 13.2 Å². The molecule has 0 aliphatic heterocycles. The molecule has 0 aliphatic rings. The van der Waals surface area contributed by atoms with Gasteiger partial charge in [0, 0.05) is 45.0 Å². The first-order valence-corrected chi connectivity index (χ1v) is 10.2. The molecule has 0 amide bonds. The van der Waals surface area contributed by atoms with Gasteiger partial charge in [0.05, 0.1) is 16.6 Å². The van der Waals surface area contributed by atoms with Crippen LogP contribution >= 0.6 is 35.3 Å². The lowest BCUT2D eigenvalue weighted by Gasteiger charge is -2.12. The molecule has 9 nitrogen and oxygen atoms in total. The molecule has 0 radical (unpaired) electrons. The van der Waals surface area contributed by atoms with Crippen LogP contribution in [0.2, 0.25) is 0 Å². The summed E-state index contributed by atoms with van der Waals surface area (Å²) in [7, 11) is 1.81. The molecule has 3 aromatic heterocycles. The number of nitrogens with zero attached hydrogens (tertiary/aromatic N) is 6. The highest BCUT2D eigenvalue weighted by Crippen LogP contribution is 2.30. The molecule has 0 aromatic carbocycles. The zero-order valence-corrected chi connectivity index (χ0v) is 20.0. The van der Waals surface area contributed by atoms with Crippen molar-refractivity contribution in [3.63, 3.8) is 0 Å². The van der Waals surface area contributed by atoms with Gasteiger partial charge in [-0.05, 0) is 6.92 Å². The Morgan fingerprint density at radius 2 is 2.03 bits per heavy atom. The number of halogens is 4. The van der Waals surface area contributed by atoms with Crippen LogP contribution in [0.25, 0.3) is 11.0 Å².